The SMILES string of the molecule is C[C@@]1(NC(=O)COc2ccc(Cl)c(I)c2)CC[C@](C)(c2nnc(OCC3CC3C(F)(F)I)o2)C(=N)C1. The summed E-state index contributed by atoms with van der Waals surface area (Å²) in [4.78, 5) is 12.6. The van der Waals surface area contributed by atoms with Crippen LogP contribution in [-0.2, 0) is 10.2 Å². The van der Waals surface area contributed by atoms with Gasteiger partial charge in [-0.05, 0) is 96.5 Å². The Morgan fingerprint density at radius 1 is 1.33 bits per heavy atom. The summed E-state index contributed by atoms with van der Waals surface area (Å²) < 4.78 is 41.4. The van der Waals surface area contributed by atoms with Crippen LogP contribution in [0.3, 0.4) is 0 Å². The molecule has 1 aromatic heterocycles. The summed E-state index contributed by atoms with van der Waals surface area (Å²) >= 11 is 9.26. The molecule has 2 fully saturated rings. The van der Waals surface area contributed by atoms with Gasteiger partial charge in [-0.25, -0.2) is 0 Å². The van der Waals surface area contributed by atoms with Gasteiger partial charge < -0.3 is 24.6 Å². The van der Waals surface area contributed by atoms with Crippen LogP contribution in [0.2, 0.25) is 5.02 Å². The van der Waals surface area contributed by atoms with Crippen LogP contribution in [-0.4, -0.2) is 44.5 Å². The van der Waals surface area contributed by atoms with E-state index in [0.717, 1.165) is 26.2 Å². The van der Waals surface area contributed by atoms with E-state index in [1.165, 1.54) is 0 Å². The first kappa shape index (κ1) is 27.7. The number of rotatable bonds is 9. The van der Waals surface area contributed by atoms with Gasteiger partial charge in [0.15, 0.2) is 6.61 Å². The van der Waals surface area contributed by atoms with Crippen molar-refractivity contribution in [3.05, 3.63) is 32.7 Å². The number of amides is 1. The zero-order valence-electron chi connectivity index (χ0n) is 19.5. The maximum absolute atomic E-state index is 13.3. The maximum atomic E-state index is 13.3. The van der Waals surface area contributed by atoms with E-state index >= 15 is 0 Å². The molecule has 0 aliphatic heterocycles. The first-order valence-electron chi connectivity index (χ1n) is 11.3. The van der Waals surface area contributed by atoms with Crippen LogP contribution in [0.15, 0.2) is 22.6 Å². The summed E-state index contributed by atoms with van der Waals surface area (Å²) in [6.45, 7) is 3.66. The van der Waals surface area contributed by atoms with Crippen LogP contribution in [0, 0.1) is 20.8 Å². The fraction of sp³-hybridized carbons (Fsp3) is 0.565. The number of carbonyl (C=O) groups excluding carboxylic acids is 1. The highest BCUT2D eigenvalue weighted by Crippen LogP contribution is 2.52. The van der Waals surface area contributed by atoms with E-state index in [2.05, 4.69) is 38.1 Å². The monoisotopic (exact) mass is 748 g/mol. The van der Waals surface area contributed by atoms with Crippen molar-refractivity contribution < 1.29 is 27.5 Å². The number of nitrogens with zero attached hydrogens (tertiary/aromatic N) is 2. The summed E-state index contributed by atoms with van der Waals surface area (Å²) in [5.74, 6) is -0.446. The lowest BCUT2D eigenvalue weighted by Gasteiger charge is -2.42. The number of halogens is 5. The Morgan fingerprint density at radius 2 is 2.08 bits per heavy atom. The molecule has 1 heterocycles. The topological polar surface area (TPSA) is 110 Å². The van der Waals surface area contributed by atoms with Crippen LogP contribution in [0.4, 0.5) is 8.78 Å². The van der Waals surface area contributed by atoms with Crippen molar-refractivity contribution in [1.29, 1.82) is 5.41 Å². The van der Waals surface area contributed by atoms with Gasteiger partial charge in [0.2, 0.25) is 5.89 Å². The molecule has 0 bridgehead atoms. The molecule has 1 amide bonds. The van der Waals surface area contributed by atoms with E-state index in [-0.39, 0.29) is 37.0 Å². The van der Waals surface area contributed by atoms with Crippen LogP contribution >= 0.6 is 56.8 Å². The van der Waals surface area contributed by atoms with Crippen molar-refractivity contribution in [2.24, 2.45) is 11.8 Å². The zero-order chi connectivity index (χ0) is 26.3. The minimum Gasteiger partial charge on any atom is -0.484 e. The second kappa shape index (κ2) is 10.5. The standard InChI is InChI=1S/C23H25ClF2I2N4O4/c1-21(30-18(33)11-34-13-3-4-15(24)16(27)8-13)5-6-22(2,17(29)9-21)19-31-32-20(36-19)35-10-12-7-14(12)23(25,26)28/h3-4,8,12,14,29H,5-7,9-11H2,1-2H3,(H,30,33)/t12?,14?,21-,22+/m1/s1. The zero-order valence-corrected chi connectivity index (χ0v) is 24.6. The Kier molecular flexibility index (Phi) is 8.06. The first-order chi connectivity index (χ1) is 16.8. The second-order valence-corrected chi connectivity index (χ2v) is 12.8. The molecule has 2 aliphatic rings. The first-order valence-corrected chi connectivity index (χ1v) is 13.8. The molecule has 2 unspecified atom stereocenters. The Labute approximate surface area is 239 Å². The highest BCUT2D eigenvalue weighted by Gasteiger charge is 2.53. The smallest absolute Gasteiger partial charge is 0.414 e. The maximum Gasteiger partial charge on any atom is 0.414 e. The average molecular weight is 749 g/mol. The number of alkyl halides is 3. The molecule has 0 radical (unpaired) electrons. The molecule has 2 saturated carbocycles. The summed E-state index contributed by atoms with van der Waals surface area (Å²) in [6.07, 6.45) is 1.67. The Hall–Kier alpha value is -1.29. The van der Waals surface area contributed by atoms with Crippen molar-refractivity contribution >= 4 is 68.4 Å². The van der Waals surface area contributed by atoms with E-state index in [0.29, 0.717) is 42.2 Å². The number of aromatic nitrogens is 2. The summed E-state index contributed by atoms with van der Waals surface area (Å²) in [5.41, 5.74) is -1.10. The van der Waals surface area contributed by atoms with Crippen molar-refractivity contribution in [2.75, 3.05) is 13.2 Å². The predicted octanol–water partition coefficient (Wildman–Crippen LogP) is 5.79. The van der Waals surface area contributed by atoms with E-state index in [4.69, 9.17) is 30.9 Å². The normalized spacial score (nSPS) is 28.0. The molecule has 36 heavy (non-hydrogen) atoms. The van der Waals surface area contributed by atoms with Gasteiger partial charge in [-0.15, -0.1) is 5.10 Å². The molecule has 2 N–H and O–H groups in total. The third-order valence-corrected chi connectivity index (χ3v) is 9.10. The average Bonchev–Trinajstić information content (AvgIpc) is 3.44. The van der Waals surface area contributed by atoms with Gasteiger partial charge in [0, 0.05) is 33.1 Å². The van der Waals surface area contributed by atoms with E-state index in [1.807, 2.05) is 13.8 Å². The molecule has 4 rings (SSSR count). The van der Waals surface area contributed by atoms with Gasteiger partial charge in [0.1, 0.15) is 5.75 Å². The molecule has 0 saturated heterocycles. The Bertz CT molecular complexity index is 1160. The summed E-state index contributed by atoms with van der Waals surface area (Å²) in [5, 5.41) is 20.2. The van der Waals surface area contributed by atoms with Crippen molar-refractivity contribution in [3.8, 4) is 11.8 Å². The van der Waals surface area contributed by atoms with Gasteiger partial charge in [-0.3, -0.25) is 4.79 Å². The largest absolute Gasteiger partial charge is 0.484 e. The highest BCUT2D eigenvalue weighted by atomic mass is 127. The lowest BCUT2D eigenvalue weighted by atomic mass is 9.67. The predicted molar refractivity (Wildman–Crippen MR) is 145 cm³/mol. The fourth-order valence-corrected chi connectivity index (χ4v) is 5.65. The van der Waals surface area contributed by atoms with Crippen molar-refractivity contribution in [1.82, 2.24) is 15.5 Å². The number of carbonyl (C=O) groups is 1. The molecule has 2 aliphatic carbocycles. The summed E-state index contributed by atoms with van der Waals surface area (Å²) in [6, 6.07) is 5.16. The van der Waals surface area contributed by atoms with Crippen LogP contribution in [0.25, 0.3) is 0 Å². The fourth-order valence-electron chi connectivity index (χ4n) is 4.28. The molecule has 4 atom stereocenters. The van der Waals surface area contributed by atoms with Crippen molar-refractivity contribution in [2.45, 2.75) is 54.4 Å². The van der Waals surface area contributed by atoms with E-state index < -0.39 is 20.8 Å². The number of nitrogens with one attached hydrogen (secondary N) is 2. The second-order valence-electron chi connectivity index (χ2n) is 9.79. The number of hydrogen-bond acceptors (Lipinski definition) is 7. The van der Waals surface area contributed by atoms with Gasteiger partial charge in [0.25, 0.3) is 9.84 Å². The lowest BCUT2D eigenvalue weighted by molar-refractivity contribution is -0.125. The van der Waals surface area contributed by atoms with Gasteiger partial charge >= 0.3 is 6.08 Å². The number of benzene rings is 1. The number of hydrogen-bond donors (Lipinski definition) is 2. The van der Waals surface area contributed by atoms with E-state index in [1.54, 1.807) is 18.2 Å². The molecule has 2 aromatic rings. The molecule has 13 heteroatoms. The van der Waals surface area contributed by atoms with Gasteiger partial charge in [-0.2, -0.15) is 8.78 Å². The van der Waals surface area contributed by atoms with Crippen LogP contribution < -0.4 is 14.8 Å². The molecular weight excluding hydrogens is 724 g/mol. The Balaban J connectivity index is 1.29. The molecule has 196 valence electrons. The summed E-state index contributed by atoms with van der Waals surface area (Å²) in [7, 11) is 0. The molecule has 0 spiro atoms. The van der Waals surface area contributed by atoms with Crippen molar-refractivity contribution in [3.63, 3.8) is 0 Å². The third-order valence-electron chi connectivity index (χ3n) is 6.75. The molecule has 8 nitrogen and oxygen atoms in total. The highest BCUT2D eigenvalue weighted by molar-refractivity contribution is 14.1. The third kappa shape index (κ3) is 6.40. The van der Waals surface area contributed by atoms with Gasteiger partial charge in [-0.1, -0.05) is 16.7 Å². The van der Waals surface area contributed by atoms with Gasteiger partial charge in [0.05, 0.1) is 17.0 Å². The quantitative estimate of drug-likeness (QED) is 0.249. The van der Waals surface area contributed by atoms with Crippen LogP contribution in [0.5, 0.6) is 11.8 Å². The molecular formula is C23H25ClF2I2N4O4. The minimum atomic E-state index is -2.75. The minimum absolute atomic E-state index is 0.0837. The van der Waals surface area contributed by atoms with Crippen LogP contribution in [0.1, 0.15) is 45.4 Å². The number of ether oxygens (including phenoxy) is 2. The lowest BCUT2D eigenvalue weighted by Crippen LogP contribution is -2.55. The molecule has 1 aromatic carbocycles. The Morgan fingerprint density at radius 3 is 2.72 bits per heavy atom. The van der Waals surface area contributed by atoms with E-state index in [9.17, 15) is 13.6 Å².